The van der Waals surface area contributed by atoms with Crippen molar-refractivity contribution < 1.29 is 18.1 Å². The Morgan fingerprint density at radius 1 is 1.07 bits per heavy atom. The highest BCUT2D eigenvalue weighted by molar-refractivity contribution is 7.90. The second kappa shape index (κ2) is 8.73. The van der Waals surface area contributed by atoms with E-state index in [2.05, 4.69) is 5.32 Å². The average Bonchev–Trinajstić information content (AvgIpc) is 2.72. The van der Waals surface area contributed by atoms with Crippen molar-refractivity contribution >= 4 is 32.8 Å². The normalized spacial score (nSPS) is 12.2. The molecule has 0 heterocycles. The van der Waals surface area contributed by atoms with Crippen LogP contribution in [0.1, 0.15) is 17.2 Å². The summed E-state index contributed by atoms with van der Waals surface area (Å²) in [5.41, 5.74) is 1.50. The summed E-state index contributed by atoms with van der Waals surface area (Å²) in [7, 11) is -2.25. The molecule has 0 fully saturated rings. The van der Waals surface area contributed by atoms with Gasteiger partial charge in [0.25, 0.3) is 5.69 Å². The van der Waals surface area contributed by atoms with Crippen LogP contribution in [0.3, 0.4) is 0 Å². The number of nitrogens with one attached hydrogen (secondary N) is 1. The number of sulfone groups is 1. The molecule has 30 heavy (non-hydrogen) atoms. The van der Waals surface area contributed by atoms with Gasteiger partial charge in [0, 0.05) is 23.0 Å². The summed E-state index contributed by atoms with van der Waals surface area (Å²) in [4.78, 5) is 10.2. The standard InChI is InChI=1S/C21H19ClN2O5S/c1-29-16-7-5-6-14(12-16)21(17-8-3-4-9-18(17)22)23-15-10-11-19(24(25)26)20(13-15)30(2,27)28/h3-13,21,23H,1-2H3. The fraction of sp³-hybridized carbons (Fsp3) is 0.143. The monoisotopic (exact) mass is 446 g/mol. The number of halogens is 1. The largest absolute Gasteiger partial charge is 0.497 e. The van der Waals surface area contributed by atoms with Crippen molar-refractivity contribution in [1.82, 2.24) is 0 Å². The Balaban J connectivity index is 2.12. The van der Waals surface area contributed by atoms with E-state index in [4.69, 9.17) is 16.3 Å². The lowest BCUT2D eigenvalue weighted by atomic mass is 9.98. The molecule has 0 bridgehead atoms. The van der Waals surface area contributed by atoms with Crippen LogP contribution < -0.4 is 10.1 Å². The molecule has 3 aromatic rings. The average molecular weight is 447 g/mol. The van der Waals surface area contributed by atoms with E-state index < -0.39 is 26.5 Å². The molecule has 1 unspecified atom stereocenters. The summed E-state index contributed by atoms with van der Waals surface area (Å²) in [5.74, 6) is 0.645. The Morgan fingerprint density at radius 3 is 2.43 bits per heavy atom. The second-order valence-corrected chi connectivity index (χ2v) is 8.98. The number of ether oxygens (including phenoxy) is 1. The molecule has 0 aliphatic carbocycles. The van der Waals surface area contributed by atoms with Gasteiger partial charge in [-0.15, -0.1) is 0 Å². The molecule has 9 heteroatoms. The van der Waals surface area contributed by atoms with Gasteiger partial charge >= 0.3 is 0 Å². The number of methoxy groups -OCH3 is 1. The maximum absolute atomic E-state index is 12.1. The second-order valence-electron chi connectivity index (χ2n) is 6.59. The smallest absolute Gasteiger partial charge is 0.288 e. The van der Waals surface area contributed by atoms with Crippen molar-refractivity contribution in [3.8, 4) is 5.75 Å². The minimum Gasteiger partial charge on any atom is -0.497 e. The van der Waals surface area contributed by atoms with E-state index in [-0.39, 0.29) is 4.90 Å². The van der Waals surface area contributed by atoms with Crippen molar-refractivity contribution in [2.45, 2.75) is 10.9 Å². The molecule has 7 nitrogen and oxygen atoms in total. The number of benzene rings is 3. The number of hydrogen-bond acceptors (Lipinski definition) is 6. The molecule has 0 aliphatic rings. The number of hydrogen-bond donors (Lipinski definition) is 1. The van der Waals surface area contributed by atoms with Gasteiger partial charge in [-0.25, -0.2) is 8.42 Å². The SMILES string of the molecule is COc1cccc(C(Nc2ccc([N+](=O)[O-])c(S(C)(=O)=O)c2)c2ccccc2Cl)c1. The van der Waals surface area contributed by atoms with Crippen molar-refractivity contribution in [2.75, 3.05) is 18.7 Å². The van der Waals surface area contributed by atoms with E-state index in [0.717, 1.165) is 17.4 Å². The van der Waals surface area contributed by atoms with Crippen molar-refractivity contribution in [1.29, 1.82) is 0 Å². The number of nitrogens with zero attached hydrogens (tertiary/aromatic N) is 1. The van der Waals surface area contributed by atoms with Gasteiger partial charge in [0.1, 0.15) is 10.6 Å². The molecule has 3 aromatic carbocycles. The molecule has 1 N–H and O–H groups in total. The predicted molar refractivity (Wildman–Crippen MR) is 116 cm³/mol. The number of nitro benzene ring substituents is 1. The zero-order valence-electron chi connectivity index (χ0n) is 16.2. The molecular weight excluding hydrogens is 428 g/mol. The van der Waals surface area contributed by atoms with Gasteiger partial charge in [0.15, 0.2) is 9.84 Å². The third-order valence-electron chi connectivity index (χ3n) is 4.51. The first-order chi connectivity index (χ1) is 14.2. The van der Waals surface area contributed by atoms with Gasteiger partial charge in [0.05, 0.1) is 18.1 Å². The first-order valence-corrected chi connectivity index (χ1v) is 11.1. The van der Waals surface area contributed by atoms with Gasteiger partial charge < -0.3 is 10.1 Å². The van der Waals surface area contributed by atoms with Crippen LogP contribution in [0.5, 0.6) is 5.75 Å². The predicted octanol–water partition coefficient (Wildman–Crippen LogP) is 4.86. The fourth-order valence-electron chi connectivity index (χ4n) is 3.09. The van der Waals surface area contributed by atoms with Crippen LogP contribution in [0.4, 0.5) is 11.4 Å². The zero-order chi connectivity index (χ0) is 21.9. The van der Waals surface area contributed by atoms with E-state index in [0.29, 0.717) is 16.5 Å². The highest BCUT2D eigenvalue weighted by Crippen LogP contribution is 2.35. The van der Waals surface area contributed by atoms with Gasteiger partial charge in [-0.1, -0.05) is 41.9 Å². The third-order valence-corrected chi connectivity index (χ3v) is 5.98. The molecule has 0 amide bonds. The molecule has 0 aromatic heterocycles. The van der Waals surface area contributed by atoms with Crippen LogP contribution in [0.25, 0.3) is 0 Å². The van der Waals surface area contributed by atoms with Gasteiger partial charge in [0.2, 0.25) is 0 Å². The van der Waals surface area contributed by atoms with Crippen LogP contribution in [-0.2, 0) is 9.84 Å². The third kappa shape index (κ3) is 4.72. The number of nitro groups is 1. The van der Waals surface area contributed by atoms with Crippen LogP contribution in [-0.4, -0.2) is 26.7 Å². The van der Waals surface area contributed by atoms with Crippen molar-refractivity contribution in [3.63, 3.8) is 0 Å². The summed E-state index contributed by atoms with van der Waals surface area (Å²) < 4.78 is 29.5. The highest BCUT2D eigenvalue weighted by Gasteiger charge is 2.24. The van der Waals surface area contributed by atoms with Gasteiger partial charge in [-0.2, -0.15) is 0 Å². The zero-order valence-corrected chi connectivity index (χ0v) is 17.8. The minimum absolute atomic E-state index is 0.360. The van der Waals surface area contributed by atoms with E-state index >= 15 is 0 Å². The summed E-state index contributed by atoms with van der Waals surface area (Å²) in [5, 5.41) is 15.0. The Hall–Kier alpha value is -3.10. The van der Waals surface area contributed by atoms with E-state index in [1.165, 1.54) is 18.2 Å². The molecule has 3 rings (SSSR count). The lowest BCUT2D eigenvalue weighted by Crippen LogP contribution is -2.14. The number of rotatable bonds is 7. The Labute approximate surface area is 179 Å². The van der Waals surface area contributed by atoms with Crippen molar-refractivity contribution in [2.24, 2.45) is 0 Å². The van der Waals surface area contributed by atoms with Crippen LogP contribution in [0, 0.1) is 10.1 Å². The van der Waals surface area contributed by atoms with Crippen LogP contribution in [0.15, 0.2) is 71.6 Å². The highest BCUT2D eigenvalue weighted by atomic mass is 35.5. The van der Waals surface area contributed by atoms with Gasteiger partial charge in [-0.05, 0) is 41.5 Å². The molecule has 0 saturated carbocycles. The summed E-state index contributed by atoms with van der Waals surface area (Å²) >= 11 is 6.42. The quantitative estimate of drug-likeness (QED) is 0.411. The lowest BCUT2D eigenvalue weighted by Gasteiger charge is -2.23. The maximum Gasteiger partial charge on any atom is 0.288 e. The molecule has 0 radical (unpaired) electrons. The molecule has 156 valence electrons. The van der Waals surface area contributed by atoms with Gasteiger partial charge in [-0.3, -0.25) is 10.1 Å². The summed E-state index contributed by atoms with van der Waals surface area (Å²) in [6, 6.07) is 18.1. The van der Waals surface area contributed by atoms with Crippen LogP contribution in [0.2, 0.25) is 5.02 Å². The minimum atomic E-state index is -3.81. The van der Waals surface area contributed by atoms with E-state index in [1.807, 2.05) is 36.4 Å². The Bertz CT molecular complexity index is 1200. The topological polar surface area (TPSA) is 98.5 Å². The summed E-state index contributed by atoms with van der Waals surface area (Å²) in [6.45, 7) is 0. The first kappa shape index (κ1) is 21.6. The van der Waals surface area contributed by atoms with Crippen molar-refractivity contribution in [3.05, 3.63) is 93.0 Å². The molecule has 1 atom stereocenters. The first-order valence-electron chi connectivity index (χ1n) is 8.84. The van der Waals surface area contributed by atoms with E-state index in [9.17, 15) is 18.5 Å². The molecule has 0 aliphatic heterocycles. The Morgan fingerprint density at radius 2 is 1.80 bits per heavy atom. The summed E-state index contributed by atoms with van der Waals surface area (Å²) in [6.07, 6.45) is 0.937. The van der Waals surface area contributed by atoms with E-state index in [1.54, 1.807) is 19.2 Å². The fourth-order valence-corrected chi connectivity index (χ4v) is 4.20. The molecule has 0 saturated heterocycles. The van der Waals surface area contributed by atoms with Crippen LogP contribution >= 0.6 is 11.6 Å². The Kier molecular flexibility index (Phi) is 6.28. The molecule has 0 spiro atoms. The molecular formula is C21H19ClN2O5S. The number of anilines is 1. The lowest BCUT2D eigenvalue weighted by molar-refractivity contribution is -0.387. The maximum atomic E-state index is 12.1.